The monoisotopic (exact) mass is 358 g/mol. The highest BCUT2D eigenvalue weighted by Gasteiger charge is 2.21. The van der Waals surface area contributed by atoms with Crippen LogP contribution < -0.4 is 10.9 Å². The quantitative estimate of drug-likeness (QED) is 0.702. The highest BCUT2D eigenvalue weighted by molar-refractivity contribution is 6.05. The summed E-state index contributed by atoms with van der Waals surface area (Å²) in [4.78, 5) is 25.3. The molecule has 6 heteroatoms. The Morgan fingerprint density at radius 2 is 1.81 bits per heavy atom. The topological polar surface area (TPSA) is 87.8 Å². The molecule has 3 aromatic rings. The molecule has 134 valence electrons. The van der Waals surface area contributed by atoms with Gasteiger partial charge in [0.15, 0.2) is 5.78 Å². The van der Waals surface area contributed by atoms with Crippen LogP contribution in [0.1, 0.15) is 29.8 Å². The van der Waals surface area contributed by atoms with E-state index in [0.29, 0.717) is 23.5 Å². The Labute approximate surface area is 156 Å². The number of carbonyl (C=O) groups is 1. The molecule has 0 bridgehead atoms. The molecule has 0 amide bonds. The molecule has 1 N–H and O–H groups in total. The average Bonchev–Trinajstić information content (AvgIpc) is 2.70. The Kier molecular flexibility index (Phi) is 5.13. The first-order chi connectivity index (χ1) is 13.0. The van der Waals surface area contributed by atoms with Crippen LogP contribution in [0.3, 0.4) is 0 Å². The van der Waals surface area contributed by atoms with Crippen LogP contribution in [0.5, 0.6) is 0 Å². The lowest BCUT2D eigenvalue weighted by molar-refractivity contribution is 0.101. The summed E-state index contributed by atoms with van der Waals surface area (Å²) in [6, 6.07) is 18.0. The third-order valence-electron chi connectivity index (χ3n) is 4.14. The third kappa shape index (κ3) is 3.62. The van der Waals surface area contributed by atoms with Gasteiger partial charge in [-0.25, -0.2) is 4.68 Å². The third-order valence-corrected chi connectivity index (χ3v) is 4.14. The molecule has 2 aromatic carbocycles. The summed E-state index contributed by atoms with van der Waals surface area (Å²) in [6.45, 7) is 3.62. The maximum Gasteiger partial charge on any atom is 0.291 e. The molecule has 27 heavy (non-hydrogen) atoms. The number of nitriles is 1. The van der Waals surface area contributed by atoms with Crippen molar-refractivity contribution in [1.29, 1.82) is 5.26 Å². The average molecular weight is 358 g/mol. The maximum absolute atomic E-state index is 12.9. The molecule has 1 aromatic heterocycles. The van der Waals surface area contributed by atoms with Crippen molar-refractivity contribution in [3.63, 3.8) is 0 Å². The van der Waals surface area contributed by atoms with Crippen LogP contribution in [-0.4, -0.2) is 15.6 Å². The second kappa shape index (κ2) is 7.67. The van der Waals surface area contributed by atoms with Gasteiger partial charge in [0.05, 0.1) is 17.2 Å². The number of benzene rings is 2. The number of hydrogen-bond donors (Lipinski definition) is 1. The Morgan fingerprint density at radius 3 is 2.37 bits per heavy atom. The highest BCUT2D eigenvalue weighted by Crippen LogP contribution is 2.27. The number of ketones is 1. The first-order valence-corrected chi connectivity index (χ1v) is 8.53. The van der Waals surface area contributed by atoms with E-state index in [9.17, 15) is 9.59 Å². The molecule has 6 nitrogen and oxygen atoms in total. The number of nitrogens with one attached hydrogen (secondary N) is 1. The van der Waals surface area contributed by atoms with Crippen molar-refractivity contribution < 1.29 is 4.79 Å². The van der Waals surface area contributed by atoms with Gasteiger partial charge in [0.1, 0.15) is 11.4 Å². The van der Waals surface area contributed by atoms with E-state index in [0.717, 1.165) is 5.56 Å². The van der Waals surface area contributed by atoms with Crippen molar-refractivity contribution in [2.75, 3.05) is 5.32 Å². The Morgan fingerprint density at radius 1 is 1.15 bits per heavy atom. The van der Waals surface area contributed by atoms with E-state index in [1.165, 1.54) is 11.6 Å². The van der Waals surface area contributed by atoms with Crippen molar-refractivity contribution in [2.24, 2.45) is 0 Å². The van der Waals surface area contributed by atoms with Gasteiger partial charge in [-0.3, -0.25) is 9.59 Å². The van der Waals surface area contributed by atoms with E-state index in [1.807, 2.05) is 37.3 Å². The van der Waals surface area contributed by atoms with Crippen molar-refractivity contribution in [1.82, 2.24) is 9.78 Å². The molecule has 0 spiro atoms. The summed E-state index contributed by atoms with van der Waals surface area (Å²) in [5.74, 6) is -0.252. The fourth-order valence-electron chi connectivity index (χ4n) is 2.81. The Bertz CT molecular complexity index is 1080. The number of rotatable bonds is 5. The summed E-state index contributed by atoms with van der Waals surface area (Å²) in [5.41, 5.74) is 2.41. The number of aromatic nitrogens is 2. The fraction of sp³-hybridized carbons (Fsp3) is 0.143. The molecular formula is C21H18N4O2. The van der Waals surface area contributed by atoms with Gasteiger partial charge in [-0.2, -0.15) is 10.4 Å². The number of Topliss-reactive ketones (excluding diaryl/α,β-unsaturated/α-hetero) is 1. The molecule has 0 unspecified atom stereocenters. The molecule has 0 fully saturated rings. The normalized spacial score (nSPS) is 10.3. The molecule has 0 aliphatic carbocycles. The summed E-state index contributed by atoms with van der Waals surface area (Å²) in [5, 5.41) is 16.4. The van der Waals surface area contributed by atoms with Gasteiger partial charge in [-0.05, 0) is 38.1 Å². The van der Waals surface area contributed by atoms with Crippen LogP contribution in [0.15, 0.2) is 59.4 Å². The molecule has 1 heterocycles. The lowest BCUT2D eigenvalue weighted by atomic mass is 10.0. The molecule has 0 atom stereocenters. The number of anilines is 2. The zero-order valence-electron chi connectivity index (χ0n) is 15.1. The van der Waals surface area contributed by atoms with E-state index >= 15 is 0 Å². The molecule has 3 rings (SSSR count). The first kappa shape index (κ1) is 18.1. The van der Waals surface area contributed by atoms with Crippen molar-refractivity contribution >= 4 is 17.2 Å². The van der Waals surface area contributed by atoms with Gasteiger partial charge in [-0.15, -0.1) is 0 Å². The molecule has 0 radical (unpaired) electrons. The summed E-state index contributed by atoms with van der Waals surface area (Å²) < 4.78 is 1.33. The van der Waals surface area contributed by atoms with Crippen LogP contribution in [-0.2, 0) is 6.54 Å². The molecule has 0 saturated heterocycles. The van der Waals surface area contributed by atoms with Crippen LogP contribution in [0.2, 0.25) is 0 Å². The van der Waals surface area contributed by atoms with E-state index in [4.69, 9.17) is 5.26 Å². The lowest BCUT2D eigenvalue weighted by Gasteiger charge is -2.16. The van der Waals surface area contributed by atoms with Gasteiger partial charge in [0.2, 0.25) is 0 Å². The predicted octanol–water partition coefficient (Wildman–Crippen LogP) is 3.75. The van der Waals surface area contributed by atoms with Crippen LogP contribution >= 0.6 is 0 Å². The molecular weight excluding hydrogens is 340 g/mol. The van der Waals surface area contributed by atoms with Gasteiger partial charge in [0, 0.05) is 17.8 Å². The lowest BCUT2D eigenvalue weighted by Crippen LogP contribution is -2.28. The minimum Gasteiger partial charge on any atom is -0.350 e. The smallest absolute Gasteiger partial charge is 0.291 e. The largest absolute Gasteiger partial charge is 0.350 e. The summed E-state index contributed by atoms with van der Waals surface area (Å²) >= 11 is 0. The molecule has 0 aliphatic heterocycles. The predicted molar refractivity (Wildman–Crippen MR) is 104 cm³/mol. The summed E-state index contributed by atoms with van der Waals surface area (Å²) in [7, 11) is 0. The minimum absolute atomic E-state index is 0.183. The van der Waals surface area contributed by atoms with Gasteiger partial charge < -0.3 is 5.32 Å². The van der Waals surface area contributed by atoms with Gasteiger partial charge in [0.25, 0.3) is 5.56 Å². The number of aryl methyl sites for hydroxylation is 1. The van der Waals surface area contributed by atoms with Crippen molar-refractivity contribution in [2.45, 2.75) is 20.4 Å². The first-order valence-electron chi connectivity index (χ1n) is 8.53. The van der Waals surface area contributed by atoms with E-state index in [-0.39, 0.29) is 22.6 Å². The standard InChI is InChI=1S/C21H18N4O2/c1-3-25-21(27)20(23-17-11-9-15(13-22)10-12-17)18(14(2)26)19(24-25)16-7-5-4-6-8-16/h4-12,23H,3H2,1-2H3. The number of hydrogen-bond acceptors (Lipinski definition) is 5. The zero-order valence-corrected chi connectivity index (χ0v) is 15.1. The molecule has 0 aliphatic rings. The van der Waals surface area contributed by atoms with Gasteiger partial charge in [-0.1, -0.05) is 30.3 Å². The van der Waals surface area contributed by atoms with E-state index < -0.39 is 0 Å². The number of nitrogens with zero attached hydrogens (tertiary/aromatic N) is 3. The Hall–Kier alpha value is -3.72. The summed E-state index contributed by atoms with van der Waals surface area (Å²) in [6.07, 6.45) is 0. The minimum atomic E-state index is -0.369. The van der Waals surface area contributed by atoms with Crippen LogP contribution in [0, 0.1) is 11.3 Å². The fourth-order valence-corrected chi connectivity index (χ4v) is 2.81. The second-order valence-corrected chi connectivity index (χ2v) is 5.96. The van der Waals surface area contributed by atoms with Crippen molar-refractivity contribution in [3.05, 3.63) is 76.1 Å². The molecule has 0 saturated carbocycles. The highest BCUT2D eigenvalue weighted by atomic mass is 16.1. The van der Waals surface area contributed by atoms with E-state index in [1.54, 1.807) is 24.3 Å². The van der Waals surface area contributed by atoms with Crippen LogP contribution in [0.4, 0.5) is 11.4 Å². The number of carbonyl (C=O) groups excluding carboxylic acids is 1. The maximum atomic E-state index is 12.9. The van der Waals surface area contributed by atoms with Crippen molar-refractivity contribution in [3.8, 4) is 17.3 Å². The van der Waals surface area contributed by atoms with E-state index in [2.05, 4.69) is 16.5 Å². The zero-order chi connectivity index (χ0) is 19.4. The SMILES string of the molecule is CCn1nc(-c2ccccc2)c(C(C)=O)c(Nc2ccc(C#N)cc2)c1=O. The van der Waals surface area contributed by atoms with Crippen LogP contribution in [0.25, 0.3) is 11.3 Å². The van der Waals surface area contributed by atoms with Gasteiger partial charge >= 0.3 is 0 Å². The second-order valence-electron chi connectivity index (χ2n) is 5.96. The Balaban J connectivity index is 2.23.